The highest BCUT2D eigenvalue weighted by molar-refractivity contribution is 8.00. The number of nitrogens with one attached hydrogen (secondary N) is 1. The van der Waals surface area contributed by atoms with E-state index in [1.54, 1.807) is 61.5 Å². The van der Waals surface area contributed by atoms with Crippen LogP contribution >= 0.6 is 57.9 Å². The molecule has 45 heavy (non-hydrogen) atoms. The van der Waals surface area contributed by atoms with E-state index in [1.807, 2.05) is 0 Å². The molecule has 1 aromatic heterocycles. The number of anilines is 2. The lowest BCUT2D eigenvalue weighted by atomic mass is 9.83. The Kier molecular flexibility index (Phi) is 8.82. The maximum Gasteiger partial charge on any atom is 0.338 e. The number of halogens is 3. The number of nitrogens with zero attached hydrogens (tertiary/aromatic N) is 2. The number of thioether (sulfide) groups is 1. The minimum absolute atomic E-state index is 0.211. The Bertz CT molecular complexity index is 1910. The Hall–Kier alpha value is -3.61. The maximum atomic E-state index is 14.0. The van der Waals surface area contributed by atoms with Gasteiger partial charge in [-0.1, -0.05) is 70.0 Å². The van der Waals surface area contributed by atoms with Crippen molar-refractivity contribution in [2.75, 3.05) is 16.8 Å². The van der Waals surface area contributed by atoms with E-state index in [-0.39, 0.29) is 23.2 Å². The van der Waals surface area contributed by atoms with Gasteiger partial charge < -0.3 is 10.1 Å². The van der Waals surface area contributed by atoms with Crippen molar-refractivity contribution in [2.45, 2.75) is 29.7 Å². The van der Waals surface area contributed by atoms with E-state index in [1.165, 1.54) is 16.7 Å². The smallest absolute Gasteiger partial charge is 0.338 e. The normalized spacial score (nSPS) is 18.8. The van der Waals surface area contributed by atoms with Crippen molar-refractivity contribution in [3.05, 3.63) is 107 Å². The number of fused-ring (bicyclic) bond motifs is 2. The zero-order valence-corrected chi connectivity index (χ0v) is 27.2. The molecule has 0 radical (unpaired) electrons. The lowest BCUT2D eigenvalue weighted by Gasteiger charge is -2.31. The van der Waals surface area contributed by atoms with Crippen LogP contribution < -0.4 is 15.1 Å². The first kappa shape index (κ1) is 31.4. The first-order valence-electron chi connectivity index (χ1n) is 13.6. The van der Waals surface area contributed by atoms with Crippen LogP contribution in [0.2, 0.25) is 15.1 Å². The van der Waals surface area contributed by atoms with Crippen molar-refractivity contribution in [3.63, 3.8) is 0 Å². The maximum absolute atomic E-state index is 14.0. The van der Waals surface area contributed by atoms with Gasteiger partial charge in [0.15, 0.2) is 0 Å². The third-order valence-electron chi connectivity index (χ3n) is 7.43. The number of carbonyl (C=O) groups is 4. The molecule has 2 aliphatic rings. The molecule has 3 heterocycles. The predicted molar refractivity (Wildman–Crippen MR) is 175 cm³/mol. The average molecular weight is 703 g/mol. The predicted octanol–water partition coefficient (Wildman–Crippen LogP) is 6.48. The highest BCUT2D eigenvalue weighted by atomic mass is 35.5. The summed E-state index contributed by atoms with van der Waals surface area (Å²) in [6.07, 6.45) is 0. The van der Waals surface area contributed by atoms with E-state index in [2.05, 4.69) is 5.32 Å². The van der Waals surface area contributed by atoms with Gasteiger partial charge in [0.1, 0.15) is 11.8 Å². The Labute approximate surface area is 280 Å². The molecular formula is C31H22Cl3N3O6S2. The highest BCUT2D eigenvalue weighted by Crippen LogP contribution is 2.55. The molecule has 1 N–H and O–H groups in total. The van der Waals surface area contributed by atoms with E-state index in [0.29, 0.717) is 37.4 Å². The largest absolute Gasteiger partial charge is 0.462 e. The van der Waals surface area contributed by atoms with Crippen molar-refractivity contribution in [2.24, 2.45) is 5.92 Å². The summed E-state index contributed by atoms with van der Waals surface area (Å²) >= 11 is 21.1. The Morgan fingerprint density at radius 3 is 2.33 bits per heavy atom. The second-order valence-electron chi connectivity index (χ2n) is 10.1. The molecule has 14 heteroatoms. The van der Waals surface area contributed by atoms with Crippen molar-refractivity contribution in [1.29, 1.82) is 0 Å². The van der Waals surface area contributed by atoms with Crippen LogP contribution in [0, 0.1) is 5.92 Å². The molecule has 4 aromatic rings. The van der Waals surface area contributed by atoms with Crippen LogP contribution in [0.25, 0.3) is 0 Å². The van der Waals surface area contributed by atoms with Gasteiger partial charge in [-0.05, 0) is 67.1 Å². The average Bonchev–Trinajstić information content (AvgIpc) is 3.46. The van der Waals surface area contributed by atoms with Gasteiger partial charge in [0.2, 0.25) is 17.7 Å². The van der Waals surface area contributed by atoms with Gasteiger partial charge in [0.25, 0.3) is 0 Å². The zero-order chi connectivity index (χ0) is 32.0. The number of benzene rings is 3. The summed E-state index contributed by atoms with van der Waals surface area (Å²) in [6.45, 7) is 1.59. The zero-order valence-electron chi connectivity index (χ0n) is 23.3. The molecule has 2 aliphatic heterocycles. The lowest BCUT2D eigenvalue weighted by Crippen LogP contribution is -2.33. The summed E-state index contributed by atoms with van der Waals surface area (Å²) in [5, 5.41) is 3.15. The van der Waals surface area contributed by atoms with Gasteiger partial charge in [-0.15, -0.1) is 0 Å². The van der Waals surface area contributed by atoms with Crippen molar-refractivity contribution < 1.29 is 23.9 Å². The fraction of sp³-hybridized carbons (Fsp3) is 0.194. The molecule has 0 bridgehead atoms. The lowest BCUT2D eigenvalue weighted by molar-refractivity contribution is -0.122. The van der Waals surface area contributed by atoms with Crippen LogP contribution in [0.5, 0.6) is 0 Å². The highest BCUT2D eigenvalue weighted by Gasteiger charge is 2.57. The molecule has 0 spiro atoms. The molecule has 230 valence electrons. The molecule has 3 amide bonds. The van der Waals surface area contributed by atoms with Gasteiger partial charge in [-0.25, -0.2) is 9.69 Å². The summed E-state index contributed by atoms with van der Waals surface area (Å²) in [4.78, 5) is 67.6. The van der Waals surface area contributed by atoms with Crippen LogP contribution in [0.3, 0.4) is 0 Å². The third kappa shape index (κ3) is 5.79. The SMILES string of the molecule is CCOC(=O)c1ccc(NC(=O)Cn2c3c(sc2=O)C(c2cccc(Cl)c2Cl)C2C(=O)N(c4ccc(Cl)cc4)C(=O)C2S3)cc1. The van der Waals surface area contributed by atoms with Crippen LogP contribution in [0.4, 0.5) is 11.4 Å². The van der Waals surface area contributed by atoms with E-state index < -0.39 is 45.6 Å². The number of ether oxygens (including phenoxy) is 1. The van der Waals surface area contributed by atoms with E-state index >= 15 is 0 Å². The first-order valence-corrected chi connectivity index (χ1v) is 16.5. The molecule has 0 aliphatic carbocycles. The van der Waals surface area contributed by atoms with E-state index in [9.17, 15) is 24.0 Å². The number of rotatable bonds is 7. The fourth-order valence-corrected chi connectivity index (χ4v) is 8.76. The van der Waals surface area contributed by atoms with Crippen molar-refractivity contribution in [3.8, 4) is 0 Å². The number of imide groups is 1. The number of thiazole rings is 1. The van der Waals surface area contributed by atoms with Gasteiger partial charge in [0, 0.05) is 21.5 Å². The molecular weight excluding hydrogens is 681 g/mol. The topological polar surface area (TPSA) is 115 Å². The summed E-state index contributed by atoms with van der Waals surface area (Å²) in [7, 11) is 0. The number of carbonyl (C=O) groups excluding carboxylic acids is 4. The number of hydrogen-bond acceptors (Lipinski definition) is 8. The molecule has 3 aromatic carbocycles. The van der Waals surface area contributed by atoms with Crippen molar-refractivity contribution in [1.82, 2.24) is 4.57 Å². The third-order valence-corrected chi connectivity index (χ3v) is 11.1. The van der Waals surface area contributed by atoms with Crippen LogP contribution in [-0.2, 0) is 25.7 Å². The number of esters is 1. The summed E-state index contributed by atoms with van der Waals surface area (Å²) in [5.41, 5.74) is 1.61. The van der Waals surface area contributed by atoms with E-state index in [4.69, 9.17) is 39.5 Å². The standard InChI is InChI=1S/C31H22Cl3N3O6S2/c1-2-43-30(41)15-6-10-17(11-7-15)35-21(38)14-36-29-26(45-31(36)42)22(19-4-3-5-20(33)24(19)34)23-25(44-29)28(40)37(27(23)39)18-12-8-16(32)9-13-18/h3-13,22-23,25H,2,14H2,1H3,(H,35,38). The first-order chi connectivity index (χ1) is 21.6. The van der Waals surface area contributed by atoms with Gasteiger partial charge in [0.05, 0.1) is 38.8 Å². The van der Waals surface area contributed by atoms with Gasteiger partial charge >= 0.3 is 10.8 Å². The van der Waals surface area contributed by atoms with Crippen LogP contribution in [0.1, 0.15) is 33.6 Å². The molecule has 9 nitrogen and oxygen atoms in total. The van der Waals surface area contributed by atoms with E-state index in [0.717, 1.165) is 28.0 Å². The number of amides is 3. The Morgan fingerprint density at radius 1 is 0.933 bits per heavy atom. The molecule has 1 fully saturated rings. The minimum Gasteiger partial charge on any atom is -0.462 e. The number of hydrogen-bond donors (Lipinski definition) is 1. The monoisotopic (exact) mass is 701 g/mol. The molecule has 3 unspecified atom stereocenters. The fourth-order valence-electron chi connectivity index (χ4n) is 5.44. The molecule has 3 atom stereocenters. The van der Waals surface area contributed by atoms with Crippen LogP contribution in [0.15, 0.2) is 76.6 Å². The summed E-state index contributed by atoms with van der Waals surface area (Å²) < 4.78 is 6.29. The van der Waals surface area contributed by atoms with Crippen molar-refractivity contribution >= 4 is 93.0 Å². The Balaban J connectivity index is 1.36. The quantitative estimate of drug-likeness (QED) is 0.173. The minimum atomic E-state index is -0.903. The molecule has 1 saturated heterocycles. The summed E-state index contributed by atoms with van der Waals surface area (Å²) in [5.74, 6) is -3.54. The molecule has 0 saturated carbocycles. The van der Waals surface area contributed by atoms with Crippen LogP contribution in [-0.4, -0.2) is 40.1 Å². The summed E-state index contributed by atoms with van der Waals surface area (Å²) in [6, 6.07) is 17.6. The number of aromatic nitrogens is 1. The molecule has 6 rings (SSSR count). The van der Waals surface area contributed by atoms with Gasteiger partial charge in [-0.2, -0.15) is 0 Å². The second kappa shape index (κ2) is 12.6. The Morgan fingerprint density at radius 2 is 1.64 bits per heavy atom. The van der Waals surface area contributed by atoms with Gasteiger partial charge in [-0.3, -0.25) is 23.7 Å². The second-order valence-corrected chi connectivity index (χ2v) is 13.5.